The lowest BCUT2D eigenvalue weighted by Gasteiger charge is -2.25. The summed E-state index contributed by atoms with van der Waals surface area (Å²) >= 11 is 0. The quantitative estimate of drug-likeness (QED) is 0.874. The maximum atomic E-state index is 12.3. The smallest absolute Gasteiger partial charge is 0.224 e. The van der Waals surface area contributed by atoms with E-state index in [-0.39, 0.29) is 17.6 Å². The lowest BCUT2D eigenvalue weighted by Crippen LogP contribution is -2.20. The molecular weight excluding hydrogens is 290 g/mol. The van der Waals surface area contributed by atoms with E-state index in [0.29, 0.717) is 24.3 Å². The van der Waals surface area contributed by atoms with E-state index in [1.54, 1.807) is 24.3 Å². The van der Waals surface area contributed by atoms with E-state index < -0.39 is 0 Å². The molecule has 0 aliphatic carbocycles. The first-order chi connectivity index (χ1) is 11.1. The van der Waals surface area contributed by atoms with E-state index in [0.717, 1.165) is 17.7 Å². The number of Topliss-reactive ketones (excluding diaryl/α,β-unsaturated/α-hetero) is 1. The molecule has 0 aromatic heterocycles. The van der Waals surface area contributed by atoms with Gasteiger partial charge in [-0.15, -0.1) is 0 Å². The first-order valence-electron chi connectivity index (χ1n) is 7.76. The van der Waals surface area contributed by atoms with Crippen LogP contribution < -0.4 is 10.1 Å². The van der Waals surface area contributed by atoms with E-state index in [1.165, 1.54) is 6.92 Å². The third kappa shape index (κ3) is 3.59. The molecule has 1 unspecified atom stereocenters. The van der Waals surface area contributed by atoms with Crippen molar-refractivity contribution in [1.82, 2.24) is 0 Å². The lowest BCUT2D eigenvalue weighted by molar-refractivity contribution is -0.116. The molecule has 1 atom stereocenters. The molecule has 0 spiro atoms. The molecule has 0 fully saturated rings. The summed E-state index contributed by atoms with van der Waals surface area (Å²) in [6.07, 6.45) is 1.27. The molecule has 1 aliphatic heterocycles. The second kappa shape index (κ2) is 6.65. The number of anilines is 1. The number of ether oxygens (including phenoxy) is 1. The van der Waals surface area contributed by atoms with Gasteiger partial charge in [-0.05, 0) is 55.2 Å². The number of carbonyl (C=O) groups excluding carboxylic acids is 2. The number of ketones is 1. The maximum Gasteiger partial charge on any atom is 0.224 e. The fourth-order valence-corrected chi connectivity index (χ4v) is 2.85. The van der Waals surface area contributed by atoms with Gasteiger partial charge in [-0.3, -0.25) is 9.59 Å². The highest BCUT2D eigenvalue weighted by molar-refractivity contribution is 5.95. The minimum absolute atomic E-state index is 0.0155. The molecule has 0 saturated carbocycles. The topological polar surface area (TPSA) is 55.4 Å². The molecule has 2 aromatic rings. The van der Waals surface area contributed by atoms with Crippen LogP contribution in [0.15, 0.2) is 48.5 Å². The molecular formula is C19H19NO3. The van der Waals surface area contributed by atoms with Crippen LogP contribution in [0, 0.1) is 0 Å². The van der Waals surface area contributed by atoms with Gasteiger partial charge in [-0.25, -0.2) is 0 Å². The predicted octanol–water partition coefficient (Wildman–Crippen LogP) is 3.78. The van der Waals surface area contributed by atoms with Gasteiger partial charge in [0, 0.05) is 17.7 Å². The summed E-state index contributed by atoms with van der Waals surface area (Å²) in [4.78, 5) is 23.5. The fourth-order valence-electron chi connectivity index (χ4n) is 2.85. The van der Waals surface area contributed by atoms with E-state index >= 15 is 0 Å². The van der Waals surface area contributed by atoms with Gasteiger partial charge in [0.25, 0.3) is 0 Å². The van der Waals surface area contributed by atoms with Gasteiger partial charge in [-0.2, -0.15) is 0 Å². The molecule has 0 saturated heterocycles. The Kier molecular flexibility index (Phi) is 4.42. The minimum Gasteiger partial charge on any atom is -0.493 e. The van der Waals surface area contributed by atoms with E-state index in [2.05, 4.69) is 5.32 Å². The number of para-hydroxylation sites is 1. The lowest BCUT2D eigenvalue weighted by atomic mass is 9.90. The summed E-state index contributed by atoms with van der Waals surface area (Å²) in [6, 6.07) is 14.8. The van der Waals surface area contributed by atoms with E-state index in [1.807, 2.05) is 24.3 Å². The third-order valence-corrected chi connectivity index (χ3v) is 4.09. The summed E-state index contributed by atoms with van der Waals surface area (Å²) in [7, 11) is 0. The van der Waals surface area contributed by atoms with Crippen LogP contribution in [0.1, 0.15) is 41.6 Å². The number of benzene rings is 2. The summed E-state index contributed by atoms with van der Waals surface area (Å²) in [5, 5.41) is 2.90. The van der Waals surface area contributed by atoms with Crippen LogP contribution in [-0.4, -0.2) is 18.3 Å². The van der Waals surface area contributed by atoms with Gasteiger partial charge >= 0.3 is 0 Å². The summed E-state index contributed by atoms with van der Waals surface area (Å²) in [6.45, 7) is 2.17. The van der Waals surface area contributed by atoms with Crippen LogP contribution in [0.5, 0.6) is 5.75 Å². The van der Waals surface area contributed by atoms with Crippen molar-refractivity contribution < 1.29 is 14.3 Å². The zero-order valence-corrected chi connectivity index (χ0v) is 13.0. The van der Waals surface area contributed by atoms with Crippen LogP contribution in [0.3, 0.4) is 0 Å². The fraction of sp³-hybridized carbons (Fsp3) is 0.263. The molecule has 4 heteroatoms. The number of hydrogen-bond acceptors (Lipinski definition) is 3. The second-order valence-electron chi connectivity index (χ2n) is 5.76. The van der Waals surface area contributed by atoms with Crippen molar-refractivity contribution in [3.8, 4) is 5.75 Å². The Hall–Kier alpha value is -2.62. The van der Waals surface area contributed by atoms with Gasteiger partial charge < -0.3 is 10.1 Å². The standard InChI is InChI=1S/C19H19NO3/c1-13(21)14-6-8-16(9-7-14)20-19(22)12-15-10-11-23-18-5-3-2-4-17(15)18/h2-9,15H,10-12H2,1H3,(H,20,22). The highest BCUT2D eigenvalue weighted by Gasteiger charge is 2.23. The van der Waals surface area contributed by atoms with Gasteiger partial charge in [0.05, 0.1) is 6.61 Å². The maximum absolute atomic E-state index is 12.3. The number of nitrogens with one attached hydrogen (secondary N) is 1. The number of amides is 1. The zero-order valence-electron chi connectivity index (χ0n) is 13.0. The van der Waals surface area contributed by atoms with Crippen LogP contribution in [0.2, 0.25) is 0 Å². The molecule has 1 N–H and O–H groups in total. The zero-order chi connectivity index (χ0) is 16.2. The van der Waals surface area contributed by atoms with Crippen molar-refractivity contribution in [3.05, 3.63) is 59.7 Å². The molecule has 1 heterocycles. The summed E-state index contributed by atoms with van der Waals surface area (Å²) < 4.78 is 5.63. The van der Waals surface area contributed by atoms with Crippen molar-refractivity contribution in [2.24, 2.45) is 0 Å². The normalized spacial score (nSPS) is 16.1. The average molecular weight is 309 g/mol. The number of rotatable bonds is 4. The van der Waals surface area contributed by atoms with Crippen molar-refractivity contribution in [2.75, 3.05) is 11.9 Å². The Morgan fingerprint density at radius 2 is 1.87 bits per heavy atom. The van der Waals surface area contributed by atoms with Gasteiger partial charge in [-0.1, -0.05) is 18.2 Å². The number of hydrogen-bond donors (Lipinski definition) is 1. The van der Waals surface area contributed by atoms with Crippen molar-refractivity contribution in [1.29, 1.82) is 0 Å². The van der Waals surface area contributed by atoms with Crippen molar-refractivity contribution >= 4 is 17.4 Å². The Labute approximate surface area is 135 Å². The van der Waals surface area contributed by atoms with Crippen LogP contribution in [0.25, 0.3) is 0 Å². The van der Waals surface area contributed by atoms with Crippen LogP contribution >= 0.6 is 0 Å². The Bertz CT molecular complexity index is 722. The molecule has 1 amide bonds. The summed E-state index contributed by atoms with van der Waals surface area (Å²) in [5.74, 6) is 1.04. The molecule has 118 valence electrons. The Morgan fingerprint density at radius 3 is 2.61 bits per heavy atom. The van der Waals surface area contributed by atoms with Gasteiger partial charge in [0.15, 0.2) is 5.78 Å². The minimum atomic E-state index is -0.0257. The van der Waals surface area contributed by atoms with Gasteiger partial charge in [0.1, 0.15) is 5.75 Å². The van der Waals surface area contributed by atoms with Crippen LogP contribution in [-0.2, 0) is 4.79 Å². The molecule has 0 radical (unpaired) electrons. The second-order valence-corrected chi connectivity index (χ2v) is 5.76. The van der Waals surface area contributed by atoms with E-state index in [9.17, 15) is 9.59 Å². The third-order valence-electron chi connectivity index (χ3n) is 4.09. The first kappa shape index (κ1) is 15.3. The molecule has 0 bridgehead atoms. The molecule has 3 rings (SSSR count). The summed E-state index contributed by atoms with van der Waals surface area (Å²) in [5.41, 5.74) is 2.45. The SMILES string of the molecule is CC(=O)c1ccc(NC(=O)CC2CCOc3ccccc32)cc1. The van der Waals surface area contributed by atoms with Gasteiger partial charge in [0.2, 0.25) is 5.91 Å². The molecule has 2 aromatic carbocycles. The van der Waals surface area contributed by atoms with Crippen molar-refractivity contribution in [3.63, 3.8) is 0 Å². The molecule has 23 heavy (non-hydrogen) atoms. The first-order valence-corrected chi connectivity index (χ1v) is 7.76. The highest BCUT2D eigenvalue weighted by atomic mass is 16.5. The number of fused-ring (bicyclic) bond motifs is 1. The molecule has 4 nitrogen and oxygen atoms in total. The van der Waals surface area contributed by atoms with Crippen LogP contribution in [0.4, 0.5) is 5.69 Å². The molecule has 1 aliphatic rings. The Balaban J connectivity index is 1.65. The highest BCUT2D eigenvalue weighted by Crippen LogP contribution is 2.35. The predicted molar refractivity (Wildman–Crippen MR) is 89.0 cm³/mol. The number of carbonyl (C=O) groups is 2. The van der Waals surface area contributed by atoms with Crippen molar-refractivity contribution in [2.45, 2.75) is 25.7 Å². The van der Waals surface area contributed by atoms with E-state index in [4.69, 9.17) is 4.74 Å². The average Bonchev–Trinajstić information content (AvgIpc) is 2.55. The Morgan fingerprint density at radius 1 is 1.13 bits per heavy atom. The largest absolute Gasteiger partial charge is 0.493 e. The monoisotopic (exact) mass is 309 g/mol.